The number of hydrogen-bond acceptors (Lipinski definition) is 5. The number of likely N-dealkylation sites (N-methyl/N-ethyl adjacent to an activating group) is 1. The summed E-state index contributed by atoms with van der Waals surface area (Å²) in [6.45, 7) is 7.40. The molecule has 1 N–H and O–H groups in total. The van der Waals surface area contributed by atoms with E-state index in [0.29, 0.717) is 11.5 Å². The predicted octanol–water partition coefficient (Wildman–Crippen LogP) is 2.22. The number of anilines is 2. The Morgan fingerprint density at radius 3 is 2.17 bits per heavy atom. The topological polar surface area (TPSA) is 61.4 Å². The molecule has 0 aliphatic carbocycles. The van der Waals surface area contributed by atoms with E-state index in [1.807, 2.05) is 17.0 Å². The van der Waals surface area contributed by atoms with Gasteiger partial charge in [0.2, 0.25) is 5.95 Å². The van der Waals surface area contributed by atoms with Gasteiger partial charge < -0.3 is 15.1 Å². The van der Waals surface area contributed by atoms with Crippen molar-refractivity contribution < 1.29 is 4.79 Å². The molecule has 1 amide bonds. The molecule has 1 saturated heterocycles. The van der Waals surface area contributed by atoms with Crippen LogP contribution in [0.25, 0.3) is 0 Å². The molecular weight excluding hydrogens is 302 g/mol. The zero-order chi connectivity index (χ0) is 17.1. The predicted molar refractivity (Wildman–Crippen MR) is 94.6 cm³/mol. The number of carbonyl (C=O) groups is 1. The molecule has 3 rings (SSSR count). The Hall–Kier alpha value is -2.47. The van der Waals surface area contributed by atoms with Gasteiger partial charge in [0.25, 0.3) is 5.91 Å². The number of carbonyl (C=O) groups excluding carboxylic acids is 1. The minimum absolute atomic E-state index is 0.000972. The van der Waals surface area contributed by atoms with Crippen molar-refractivity contribution in [1.82, 2.24) is 19.8 Å². The first-order valence-corrected chi connectivity index (χ1v) is 8.16. The van der Waals surface area contributed by atoms with E-state index in [0.717, 1.165) is 31.9 Å². The zero-order valence-corrected chi connectivity index (χ0v) is 14.4. The molecular formula is C18H23N5O. The van der Waals surface area contributed by atoms with Crippen molar-refractivity contribution in [3.05, 3.63) is 47.3 Å². The molecule has 0 spiro atoms. The highest BCUT2D eigenvalue weighted by Gasteiger charge is 2.20. The summed E-state index contributed by atoms with van der Waals surface area (Å²) in [6.07, 6.45) is 3.19. The van der Waals surface area contributed by atoms with Gasteiger partial charge in [-0.2, -0.15) is 0 Å². The number of nitrogens with one attached hydrogen (secondary N) is 1. The fraction of sp³-hybridized carbons (Fsp3) is 0.389. The zero-order valence-electron chi connectivity index (χ0n) is 14.4. The lowest BCUT2D eigenvalue weighted by molar-refractivity contribution is 0.0663. The van der Waals surface area contributed by atoms with E-state index in [-0.39, 0.29) is 5.91 Å². The molecule has 0 unspecified atom stereocenters. The molecule has 0 bridgehead atoms. The Kier molecular flexibility index (Phi) is 4.76. The third kappa shape index (κ3) is 3.89. The summed E-state index contributed by atoms with van der Waals surface area (Å²) in [5.74, 6) is 0.496. The van der Waals surface area contributed by atoms with E-state index in [1.165, 1.54) is 11.1 Å². The quantitative estimate of drug-likeness (QED) is 0.937. The number of aryl methyl sites for hydroxylation is 2. The number of hydrogen-bond donors (Lipinski definition) is 1. The number of nitrogens with zero attached hydrogens (tertiary/aromatic N) is 4. The van der Waals surface area contributed by atoms with Crippen LogP contribution in [0.4, 0.5) is 11.6 Å². The Balaban J connectivity index is 1.67. The van der Waals surface area contributed by atoms with E-state index < -0.39 is 0 Å². The summed E-state index contributed by atoms with van der Waals surface area (Å²) in [5, 5.41) is 3.18. The van der Waals surface area contributed by atoms with Crippen LogP contribution in [0.15, 0.2) is 30.6 Å². The molecule has 2 aromatic rings. The number of amides is 1. The standard InChI is InChI=1S/C18H23N5O/c1-13-8-14(2)10-16(9-13)21-18-19-11-15(12-20-18)17(24)23-6-4-22(3)5-7-23/h8-12H,4-7H2,1-3H3,(H,19,20,21). The largest absolute Gasteiger partial charge is 0.336 e. The summed E-state index contributed by atoms with van der Waals surface area (Å²) in [6, 6.07) is 6.20. The fourth-order valence-electron chi connectivity index (χ4n) is 2.87. The molecule has 6 nitrogen and oxygen atoms in total. The monoisotopic (exact) mass is 325 g/mol. The number of rotatable bonds is 3. The first-order chi connectivity index (χ1) is 11.5. The van der Waals surface area contributed by atoms with E-state index in [4.69, 9.17) is 0 Å². The van der Waals surface area contributed by atoms with Crippen molar-refractivity contribution >= 4 is 17.5 Å². The van der Waals surface area contributed by atoms with Crippen molar-refractivity contribution in [3.63, 3.8) is 0 Å². The lowest BCUT2D eigenvalue weighted by atomic mass is 10.1. The second kappa shape index (κ2) is 6.97. The van der Waals surface area contributed by atoms with E-state index in [1.54, 1.807) is 12.4 Å². The Morgan fingerprint density at radius 2 is 1.58 bits per heavy atom. The van der Waals surface area contributed by atoms with Gasteiger partial charge in [-0.05, 0) is 44.2 Å². The lowest BCUT2D eigenvalue weighted by Crippen LogP contribution is -2.47. The third-order valence-electron chi connectivity index (χ3n) is 4.17. The Bertz CT molecular complexity index is 700. The van der Waals surface area contributed by atoms with Crippen molar-refractivity contribution in [1.29, 1.82) is 0 Å². The van der Waals surface area contributed by atoms with Crippen LogP contribution >= 0.6 is 0 Å². The minimum atomic E-state index is 0.000972. The van der Waals surface area contributed by atoms with Gasteiger partial charge >= 0.3 is 0 Å². The van der Waals surface area contributed by atoms with Crippen molar-refractivity contribution in [3.8, 4) is 0 Å². The summed E-state index contributed by atoms with van der Waals surface area (Å²) >= 11 is 0. The molecule has 1 fully saturated rings. The molecule has 2 heterocycles. The van der Waals surface area contributed by atoms with Crippen molar-refractivity contribution in [2.45, 2.75) is 13.8 Å². The molecule has 1 aromatic carbocycles. The molecule has 126 valence electrons. The SMILES string of the molecule is Cc1cc(C)cc(Nc2ncc(C(=O)N3CCN(C)CC3)cn2)c1. The first kappa shape index (κ1) is 16.4. The van der Waals surface area contributed by atoms with Crippen LogP contribution in [0.1, 0.15) is 21.5 Å². The van der Waals surface area contributed by atoms with Gasteiger partial charge in [-0.25, -0.2) is 9.97 Å². The van der Waals surface area contributed by atoms with Gasteiger partial charge in [0, 0.05) is 44.3 Å². The molecule has 1 aliphatic heterocycles. The van der Waals surface area contributed by atoms with Gasteiger partial charge in [0.1, 0.15) is 0 Å². The van der Waals surface area contributed by atoms with Crippen LogP contribution in [0.3, 0.4) is 0 Å². The summed E-state index contributed by atoms with van der Waals surface area (Å²) in [4.78, 5) is 25.1. The molecule has 1 aliphatic rings. The van der Waals surface area contributed by atoms with E-state index >= 15 is 0 Å². The maximum atomic E-state index is 12.5. The Morgan fingerprint density at radius 1 is 1.00 bits per heavy atom. The first-order valence-electron chi connectivity index (χ1n) is 8.16. The average Bonchev–Trinajstić information content (AvgIpc) is 2.55. The molecule has 0 atom stereocenters. The van der Waals surface area contributed by atoms with Crippen LogP contribution in [0.5, 0.6) is 0 Å². The van der Waals surface area contributed by atoms with Crippen molar-refractivity contribution in [2.24, 2.45) is 0 Å². The summed E-state index contributed by atoms with van der Waals surface area (Å²) in [5.41, 5.74) is 3.84. The summed E-state index contributed by atoms with van der Waals surface area (Å²) in [7, 11) is 2.07. The maximum Gasteiger partial charge on any atom is 0.257 e. The van der Waals surface area contributed by atoms with Crippen molar-refractivity contribution in [2.75, 3.05) is 38.5 Å². The molecule has 0 radical (unpaired) electrons. The fourth-order valence-corrected chi connectivity index (χ4v) is 2.87. The van der Waals surface area contributed by atoms with Crippen LogP contribution in [-0.2, 0) is 0 Å². The van der Waals surface area contributed by atoms with Gasteiger partial charge in [-0.3, -0.25) is 4.79 Å². The van der Waals surface area contributed by atoms with Crippen LogP contribution in [0, 0.1) is 13.8 Å². The highest BCUT2D eigenvalue weighted by Crippen LogP contribution is 2.17. The van der Waals surface area contributed by atoms with Gasteiger partial charge in [-0.15, -0.1) is 0 Å². The highest BCUT2D eigenvalue weighted by molar-refractivity contribution is 5.93. The van der Waals surface area contributed by atoms with Gasteiger partial charge in [0.15, 0.2) is 0 Å². The van der Waals surface area contributed by atoms with E-state index in [9.17, 15) is 4.79 Å². The van der Waals surface area contributed by atoms with E-state index in [2.05, 4.69) is 47.1 Å². The molecule has 6 heteroatoms. The maximum absolute atomic E-state index is 12.5. The normalized spacial score (nSPS) is 15.4. The van der Waals surface area contributed by atoms with Gasteiger partial charge in [-0.1, -0.05) is 6.07 Å². The highest BCUT2D eigenvalue weighted by atomic mass is 16.2. The van der Waals surface area contributed by atoms with Gasteiger partial charge in [0.05, 0.1) is 5.56 Å². The average molecular weight is 325 g/mol. The van der Waals surface area contributed by atoms with Crippen LogP contribution in [0.2, 0.25) is 0 Å². The number of piperazine rings is 1. The second-order valence-corrected chi connectivity index (χ2v) is 6.39. The third-order valence-corrected chi connectivity index (χ3v) is 4.17. The Labute approximate surface area is 142 Å². The minimum Gasteiger partial charge on any atom is -0.336 e. The smallest absolute Gasteiger partial charge is 0.257 e. The molecule has 24 heavy (non-hydrogen) atoms. The summed E-state index contributed by atoms with van der Waals surface area (Å²) < 4.78 is 0. The van der Waals surface area contributed by atoms with Crippen LogP contribution < -0.4 is 5.32 Å². The lowest BCUT2D eigenvalue weighted by Gasteiger charge is -2.32. The molecule has 1 aromatic heterocycles. The van der Waals surface area contributed by atoms with Crippen LogP contribution in [-0.4, -0.2) is 58.9 Å². The molecule has 0 saturated carbocycles. The number of aromatic nitrogens is 2. The second-order valence-electron chi connectivity index (χ2n) is 6.39. The number of benzene rings is 1.